The molecule has 0 aliphatic carbocycles. The number of hydrogen-bond donors (Lipinski definition) is 0. The number of ether oxygens (including phenoxy) is 1. The summed E-state index contributed by atoms with van der Waals surface area (Å²) in [5.41, 5.74) is -1.58. The van der Waals surface area contributed by atoms with Crippen LogP contribution in [0.4, 0.5) is 22.0 Å². The third-order valence-corrected chi connectivity index (χ3v) is 2.53. The van der Waals surface area contributed by atoms with E-state index in [1.165, 1.54) is 0 Å². The highest BCUT2D eigenvalue weighted by molar-refractivity contribution is 5.91. The minimum atomic E-state index is -4.90. The Morgan fingerprint density at radius 1 is 0.952 bits per heavy atom. The van der Waals surface area contributed by atoms with E-state index in [1.807, 2.05) is 0 Å². The Morgan fingerprint density at radius 3 is 2.14 bits per heavy atom. The van der Waals surface area contributed by atoms with Crippen molar-refractivity contribution in [2.75, 3.05) is 0 Å². The second-order valence-corrected chi connectivity index (χ2v) is 4.04. The van der Waals surface area contributed by atoms with Crippen LogP contribution in [0.1, 0.15) is 15.9 Å². The van der Waals surface area contributed by atoms with Gasteiger partial charge in [-0.1, -0.05) is 0 Å². The summed E-state index contributed by atoms with van der Waals surface area (Å²) in [6.45, 7) is 0. The minimum absolute atomic E-state index is 0.0470. The van der Waals surface area contributed by atoms with Crippen molar-refractivity contribution in [3.63, 3.8) is 0 Å². The highest BCUT2D eigenvalue weighted by Gasteiger charge is 2.34. The highest BCUT2D eigenvalue weighted by Crippen LogP contribution is 2.33. The summed E-state index contributed by atoms with van der Waals surface area (Å²) in [6.07, 6.45) is -4.90. The third kappa shape index (κ3) is 3.56. The van der Waals surface area contributed by atoms with Gasteiger partial charge in [0, 0.05) is 0 Å². The normalized spacial score (nSPS) is 11.3. The first kappa shape index (κ1) is 15.0. The molecule has 7 heteroatoms. The van der Waals surface area contributed by atoms with E-state index >= 15 is 0 Å². The number of esters is 1. The molecule has 0 saturated heterocycles. The van der Waals surface area contributed by atoms with Gasteiger partial charge in [0.15, 0.2) is 0 Å². The molecule has 0 heterocycles. The zero-order valence-corrected chi connectivity index (χ0v) is 10.2. The van der Waals surface area contributed by atoms with Gasteiger partial charge in [0.2, 0.25) is 0 Å². The van der Waals surface area contributed by atoms with E-state index in [0.717, 1.165) is 30.3 Å². The van der Waals surface area contributed by atoms with E-state index in [2.05, 4.69) is 0 Å². The number of carbonyl (C=O) groups is 1. The molecular formula is C14H7F5O2. The first-order chi connectivity index (χ1) is 9.77. The van der Waals surface area contributed by atoms with Crippen LogP contribution in [0.5, 0.6) is 5.75 Å². The van der Waals surface area contributed by atoms with Crippen LogP contribution in [-0.2, 0) is 6.18 Å². The summed E-state index contributed by atoms with van der Waals surface area (Å²) in [7, 11) is 0. The van der Waals surface area contributed by atoms with Crippen LogP contribution in [0.25, 0.3) is 0 Å². The molecule has 0 spiro atoms. The largest absolute Gasteiger partial charge is 0.423 e. The van der Waals surface area contributed by atoms with Crippen molar-refractivity contribution in [3.8, 4) is 5.75 Å². The van der Waals surface area contributed by atoms with Gasteiger partial charge in [-0.05, 0) is 42.5 Å². The lowest BCUT2D eigenvalue weighted by atomic mass is 10.2. The summed E-state index contributed by atoms with van der Waals surface area (Å²) >= 11 is 0. The van der Waals surface area contributed by atoms with Gasteiger partial charge in [-0.25, -0.2) is 13.6 Å². The smallest absolute Gasteiger partial charge is 0.419 e. The zero-order valence-electron chi connectivity index (χ0n) is 10.2. The highest BCUT2D eigenvalue weighted by atomic mass is 19.4. The fourth-order valence-electron chi connectivity index (χ4n) is 1.54. The Kier molecular flexibility index (Phi) is 3.93. The summed E-state index contributed by atoms with van der Waals surface area (Å²) < 4.78 is 68.0. The summed E-state index contributed by atoms with van der Waals surface area (Å²) in [5, 5.41) is 0. The van der Waals surface area contributed by atoms with Gasteiger partial charge < -0.3 is 4.74 Å². The summed E-state index contributed by atoms with van der Waals surface area (Å²) in [4.78, 5) is 11.7. The van der Waals surface area contributed by atoms with Gasteiger partial charge in [-0.15, -0.1) is 0 Å². The van der Waals surface area contributed by atoms with Crippen molar-refractivity contribution in [1.29, 1.82) is 0 Å². The van der Waals surface area contributed by atoms with Gasteiger partial charge in [0.25, 0.3) is 0 Å². The van der Waals surface area contributed by atoms with Crippen LogP contribution in [0.3, 0.4) is 0 Å². The topological polar surface area (TPSA) is 26.3 Å². The lowest BCUT2D eigenvalue weighted by Gasteiger charge is -2.10. The quantitative estimate of drug-likeness (QED) is 0.472. The molecule has 2 nitrogen and oxygen atoms in total. The maximum atomic E-state index is 13.1. The Labute approximate surface area is 115 Å². The Bertz CT molecular complexity index is 662. The lowest BCUT2D eigenvalue weighted by Crippen LogP contribution is -2.11. The van der Waals surface area contributed by atoms with Crippen LogP contribution in [0.2, 0.25) is 0 Å². The first-order valence-corrected chi connectivity index (χ1v) is 5.62. The average molecular weight is 302 g/mol. The molecule has 0 bridgehead atoms. The van der Waals surface area contributed by atoms with Crippen molar-refractivity contribution in [1.82, 2.24) is 0 Å². The molecule has 0 aromatic heterocycles. The van der Waals surface area contributed by atoms with E-state index in [-0.39, 0.29) is 5.56 Å². The van der Waals surface area contributed by atoms with Gasteiger partial charge in [0.1, 0.15) is 17.4 Å². The Morgan fingerprint density at radius 2 is 1.57 bits per heavy atom. The number of hydrogen-bond acceptors (Lipinski definition) is 2. The van der Waals surface area contributed by atoms with Gasteiger partial charge in [0.05, 0.1) is 11.1 Å². The minimum Gasteiger partial charge on any atom is -0.423 e. The molecule has 2 aromatic rings. The molecule has 2 rings (SSSR count). The predicted octanol–water partition coefficient (Wildman–Crippen LogP) is 4.20. The maximum absolute atomic E-state index is 13.1. The number of rotatable bonds is 2. The number of carbonyl (C=O) groups excluding carboxylic acids is 1. The molecule has 0 N–H and O–H groups in total. The SMILES string of the molecule is O=C(Oc1ccc(F)c(C(F)(F)F)c1)c1ccc(F)cc1. The van der Waals surface area contributed by atoms with Crippen LogP contribution < -0.4 is 4.74 Å². The molecule has 0 amide bonds. The molecule has 0 radical (unpaired) electrons. The molecule has 0 aliphatic rings. The van der Waals surface area contributed by atoms with E-state index in [0.29, 0.717) is 12.1 Å². The number of benzene rings is 2. The number of alkyl halides is 3. The van der Waals surface area contributed by atoms with E-state index in [1.54, 1.807) is 0 Å². The predicted molar refractivity (Wildman–Crippen MR) is 62.8 cm³/mol. The van der Waals surface area contributed by atoms with Crippen LogP contribution in [-0.4, -0.2) is 5.97 Å². The summed E-state index contributed by atoms with van der Waals surface area (Å²) in [5.74, 6) is -3.48. The number of halogens is 5. The molecule has 110 valence electrons. The fraction of sp³-hybridized carbons (Fsp3) is 0.0714. The molecule has 0 saturated carbocycles. The van der Waals surface area contributed by atoms with Crippen molar-refractivity contribution in [3.05, 3.63) is 65.2 Å². The van der Waals surface area contributed by atoms with Gasteiger partial charge in [-0.2, -0.15) is 13.2 Å². The van der Waals surface area contributed by atoms with Gasteiger partial charge in [-0.3, -0.25) is 0 Å². The molecule has 21 heavy (non-hydrogen) atoms. The fourth-order valence-corrected chi connectivity index (χ4v) is 1.54. The average Bonchev–Trinajstić information content (AvgIpc) is 2.40. The zero-order chi connectivity index (χ0) is 15.6. The van der Waals surface area contributed by atoms with Crippen molar-refractivity contribution < 1.29 is 31.5 Å². The van der Waals surface area contributed by atoms with Gasteiger partial charge >= 0.3 is 12.1 Å². The maximum Gasteiger partial charge on any atom is 0.419 e. The molecule has 0 fully saturated rings. The van der Waals surface area contributed by atoms with E-state index < -0.39 is 35.1 Å². The van der Waals surface area contributed by atoms with Crippen LogP contribution >= 0.6 is 0 Å². The molecule has 0 atom stereocenters. The van der Waals surface area contributed by atoms with E-state index in [4.69, 9.17) is 4.74 Å². The van der Waals surface area contributed by atoms with Crippen molar-refractivity contribution in [2.24, 2.45) is 0 Å². The Balaban J connectivity index is 2.24. The first-order valence-electron chi connectivity index (χ1n) is 5.62. The van der Waals surface area contributed by atoms with Crippen molar-refractivity contribution in [2.45, 2.75) is 6.18 Å². The lowest BCUT2D eigenvalue weighted by molar-refractivity contribution is -0.140. The van der Waals surface area contributed by atoms with E-state index in [9.17, 15) is 26.7 Å². The Hall–Kier alpha value is -2.44. The molecule has 0 aliphatic heterocycles. The molecule has 2 aromatic carbocycles. The monoisotopic (exact) mass is 302 g/mol. The molecular weight excluding hydrogens is 295 g/mol. The van der Waals surface area contributed by atoms with Crippen molar-refractivity contribution >= 4 is 5.97 Å². The molecule has 0 unspecified atom stereocenters. The standard InChI is InChI=1S/C14H7F5O2/c15-9-3-1-8(2-4-9)13(20)21-10-5-6-12(16)11(7-10)14(17,18)19/h1-7H. The second-order valence-electron chi connectivity index (χ2n) is 4.04. The van der Waals surface area contributed by atoms with Crippen LogP contribution in [0, 0.1) is 11.6 Å². The third-order valence-electron chi connectivity index (χ3n) is 2.53. The summed E-state index contributed by atoms with van der Waals surface area (Å²) in [6, 6.07) is 6.07. The van der Waals surface area contributed by atoms with Crippen LogP contribution in [0.15, 0.2) is 42.5 Å². The second kappa shape index (κ2) is 5.51.